The van der Waals surface area contributed by atoms with E-state index in [9.17, 15) is 8.78 Å². The summed E-state index contributed by atoms with van der Waals surface area (Å²) in [5.41, 5.74) is 0. The Labute approximate surface area is 44.7 Å². The lowest BCUT2D eigenvalue weighted by Crippen LogP contribution is -1.89. The first kappa shape index (κ1) is 10.7. The van der Waals surface area contributed by atoms with Crippen LogP contribution in [0.4, 0.5) is 8.78 Å². The van der Waals surface area contributed by atoms with Crippen molar-refractivity contribution >= 4 is 10.4 Å². The van der Waals surface area contributed by atoms with Gasteiger partial charge in [-0.15, -0.1) is 0 Å². The molecule has 0 aromatic heterocycles. The van der Waals surface area contributed by atoms with Crippen molar-refractivity contribution in [2.24, 2.45) is 0 Å². The predicted octanol–water partition coefficient (Wildman–Crippen LogP) is 0.230. The maximum atomic E-state index is 9.62. The molecular weight excluding hydrogens is 146 g/mol. The first-order valence-electron chi connectivity index (χ1n) is 1.23. The first-order chi connectivity index (χ1) is 3.41. The van der Waals surface area contributed by atoms with Gasteiger partial charge in [-0.2, -0.15) is 8.42 Å². The van der Waals surface area contributed by atoms with Crippen molar-refractivity contribution in [1.82, 2.24) is 0 Å². The van der Waals surface area contributed by atoms with Gasteiger partial charge in [-0.25, -0.2) is 8.78 Å². The van der Waals surface area contributed by atoms with Crippen molar-refractivity contribution in [3.8, 4) is 0 Å². The van der Waals surface area contributed by atoms with Crippen molar-refractivity contribution in [3.05, 3.63) is 0 Å². The number of rotatable bonds is 0. The van der Waals surface area contributed by atoms with Gasteiger partial charge in [-0.05, 0) is 0 Å². The second-order valence-electron chi connectivity index (χ2n) is 0.549. The van der Waals surface area contributed by atoms with Gasteiger partial charge in [0.25, 0.3) is 0 Å². The zero-order valence-corrected chi connectivity index (χ0v) is 4.40. The predicted molar refractivity (Wildman–Crippen MR) is 21.3 cm³/mol. The summed E-state index contributed by atoms with van der Waals surface area (Å²) in [4.78, 5) is 0. The summed E-state index contributed by atoms with van der Waals surface area (Å²) in [5.74, 6) is 0. The van der Waals surface area contributed by atoms with Crippen molar-refractivity contribution in [1.29, 1.82) is 0 Å². The molecule has 0 heterocycles. The molecule has 0 saturated carbocycles. The highest BCUT2D eigenvalue weighted by molar-refractivity contribution is 7.79. The van der Waals surface area contributed by atoms with Crippen LogP contribution in [0.1, 0.15) is 0 Å². The minimum atomic E-state index is -4.67. The molecule has 0 saturated heterocycles. The molecule has 0 bridgehead atoms. The maximum Gasteiger partial charge on any atom is 0.394 e. The standard InChI is InChI=1S/CH2F2.H2O4S/c2-1-3;1-5(2,3)4/h1H2;(H2,1,2,3,4). The lowest BCUT2D eigenvalue weighted by atomic mass is 11.7. The number of hydrogen-bond donors (Lipinski definition) is 2. The van der Waals surface area contributed by atoms with Crippen LogP contribution in [-0.2, 0) is 10.4 Å². The Kier molecular flexibility index (Phi) is 6.50. The Morgan fingerprint density at radius 2 is 1.25 bits per heavy atom. The molecule has 4 nitrogen and oxygen atoms in total. The fourth-order valence-electron chi connectivity index (χ4n) is 0. The first-order valence-corrected chi connectivity index (χ1v) is 2.63. The molecule has 7 heteroatoms. The molecule has 0 spiro atoms. The molecule has 0 fully saturated rings. The maximum absolute atomic E-state index is 9.62. The van der Waals surface area contributed by atoms with Crippen LogP contribution in [0.15, 0.2) is 0 Å². The average molecular weight is 150 g/mol. The van der Waals surface area contributed by atoms with Gasteiger partial charge >= 0.3 is 10.4 Å². The zero-order chi connectivity index (χ0) is 7.21. The highest BCUT2D eigenvalue weighted by Crippen LogP contribution is 1.59. The largest absolute Gasteiger partial charge is 0.394 e. The monoisotopic (exact) mass is 150 g/mol. The third-order valence-corrected chi connectivity index (χ3v) is 0. The fourth-order valence-corrected chi connectivity index (χ4v) is 0. The zero-order valence-electron chi connectivity index (χ0n) is 3.58. The lowest BCUT2D eigenvalue weighted by Gasteiger charge is -1.68. The van der Waals surface area contributed by atoms with Gasteiger partial charge in [0, 0.05) is 0 Å². The van der Waals surface area contributed by atoms with E-state index in [0.717, 1.165) is 0 Å². The van der Waals surface area contributed by atoms with Crippen LogP contribution in [0.25, 0.3) is 0 Å². The van der Waals surface area contributed by atoms with E-state index in [4.69, 9.17) is 17.5 Å². The summed E-state index contributed by atoms with van der Waals surface area (Å²) in [6.07, 6.45) is 0. The van der Waals surface area contributed by atoms with Crippen molar-refractivity contribution in [3.63, 3.8) is 0 Å². The highest BCUT2D eigenvalue weighted by Gasteiger charge is 1.84. The van der Waals surface area contributed by atoms with Gasteiger partial charge < -0.3 is 0 Å². The Morgan fingerprint density at radius 1 is 1.25 bits per heavy atom. The van der Waals surface area contributed by atoms with Gasteiger partial charge in [0.1, 0.15) is 0 Å². The Bertz CT molecular complexity index is 108. The van der Waals surface area contributed by atoms with Gasteiger partial charge in [0.2, 0.25) is 6.93 Å². The molecule has 0 atom stereocenters. The van der Waals surface area contributed by atoms with Gasteiger partial charge in [-0.1, -0.05) is 0 Å². The van der Waals surface area contributed by atoms with Crippen LogP contribution in [0.5, 0.6) is 0 Å². The third-order valence-electron chi connectivity index (χ3n) is 0. The van der Waals surface area contributed by atoms with Crippen LogP contribution in [0.2, 0.25) is 0 Å². The summed E-state index contributed by atoms with van der Waals surface area (Å²) in [6, 6.07) is 0. The van der Waals surface area contributed by atoms with E-state index >= 15 is 0 Å². The summed E-state index contributed by atoms with van der Waals surface area (Å²) >= 11 is 0. The Balaban J connectivity index is 0. The van der Waals surface area contributed by atoms with Crippen molar-refractivity contribution in [2.75, 3.05) is 6.93 Å². The van der Waals surface area contributed by atoms with Gasteiger partial charge in [-0.3, -0.25) is 9.11 Å². The number of alkyl halides is 2. The summed E-state index contributed by atoms with van der Waals surface area (Å²) in [5, 5.41) is 0. The third kappa shape index (κ3) is 1760. The van der Waals surface area contributed by atoms with Crippen molar-refractivity contribution < 1.29 is 26.3 Å². The Hall–Kier alpha value is -0.270. The normalized spacial score (nSPS) is 9.50. The summed E-state index contributed by atoms with van der Waals surface area (Å²) in [6.45, 7) is -1.75. The smallest absolute Gasteiger partial charge is 0.264 e. The molecule has 0 unspecified atom stereocenters. The fraction of sp³-hybridized carbons (Fsp3) is 1.00. The van der Waals surface area contributed by atoms with E-state index in [-0.39, 0.29) is 0 Å². The quantitative estimate of drug-likeness (QED) is 0.484. The molecule has 0 aromatic rings. The molecule has 2 N–H and O–H groups in total. The van der Waals surface area contributed by atoms with E-state index in [1.54, 1.807) is 0 Å². The topological polar surface area (TPSA) is 74.6 Å². The molecule has 0 aliphatic rings. The minimum Gasteiger partial charge on any atom is -0.264 e. The van der Waals surface area contributed by atoms with Crippen LogP contribution in [0, 0.1) is 0 Å². The molecule has 0 aliphatic heterocycles. The lowest BCUT2D eigenvalue weighted by molar-refractivity contribution is 0.295. The van der Waals surface area contributed by atoms with Crippen molar-refractivity contribution in [2.45, 2.75) is 0 Å². The highest BCUT2D eigenvalue weighted by atomic mass is 32.3. The molecule has 0 amide bonds. The second-order valence-corrected chi connectivity index (χ2v) is 1.44. The number of halogens is 2. The minimum absolute atomic E-state index is 1.75. The molecule has 8 heavy (non-hydrogen) atoms. The number of hydrogen-bond acceptors (Lipinski definition) is 2. The van der Waals surface area contributed by atoms with E-state index in [1.807, 2.05) is 0 Å². The van der Waals surface area contributed by atoms with E-state index in [2.05, 4.69) is 0 Å². The molecular formula is CH4F2O4S. The van der Waals surface area contributed by atoms with E-state index < -0.39 is 17.3 Å². The molecule has 0 aliphatic carbocycles. The Morgan fingerprint density at radius 3 is 1.25 bits per heavy atom. The molecule has 0 aromatic carbocycles. The van der Waals surface area contributed by atoms with E-state index in [0.29, 0.717) is 0 Å². The summed E-state index contributed by atoms with van der Waals surface area (Å²) < 4.78 is 50.8. The summed E-state index contributed by atoms with van der Waals surface area (Å²) in [7, 11) is -4.67. The van der Waals surface area contributed by atoms with Gasteiger partial charge in [0.05, 0.1) is 0 Å². The van der Waals surface area contributed by atoms with Gasteiger partial charge in [0.15, 0.2) is 0 Å². The molecule has 52 valence electrons. The molecule has 0 rings (SSSR count). The molecule has 0 radical (unpaired) electrons. The average Bonchev–Trinajstić information content (AvgIpc) is 1.27. The van der Waals surface area contributed by atoms with Crippen LogP contribution >= 0.6 is 0 Å². The van der Waals surface area contributed by atoms with Crippen LogP contribution in [-0.4, -0.2) is 24.5 Å². The van der Waals surface area contributed by atoms with Crippen LogP contribution < -0.4 is 0 Å². The SMILES string of the molecule is FCF.O=S(=O)(O)O. The van der Waals surface area contributed by atoms with Crippen LogP contribution in [0.3, 0.4) is 0 Å². The van der Waals surface area contributed by atoms with E-state index in [1.165, 1.54) is 0 Å². The second kappa shape index (κ2) is 4.88.